The van der Waals surface area contributed by atoms with Gasteiger partial charge < -0.3 is 16.2 Å². The number of nitrogens with two attached hydrogens (primary N) is 1. The highest BCUT2D eigenvalue weighted by molar-refractivity contribution is 6.05. The molecule has 0 atom stereocenters. The zero-order valence-electron chi connectivity index (χ0n) is 8.79. The Bertz CT molecular complexity index is 539. The standard InChI is InChI=1S/C11H10N4O2/c12-7-1-2-10(14-5-7)15-11(17)8-3-4-13-6-9(8)16/h1-6,16H,12H2,(H,14,15,17). The summed E-state index contributed by atoms with van der Waals surface area (Å²) in [5.74, 6) is -0.275. The van der Waals surface area contributed by atoms with Crippen LogP contribution in [0.15, 0.2) is 36.8 Å². The Hall–Kier alpha value is -2.63. The molecule has 0 unspecified atom stereocenters. The molecule has 0 radical (unpaired) electrons. The molecule has 0 saturated heterocycles. The third-order valence-electron chi connectivity index (χ3n) is 2.07. The molecule has 17 heavy (non-hydrogen) atoms. The van der Waals surface area contributed by atoms with Crippen molar-refractivity contribution in [1.82, 2.24) is 9.97 Å². The number of hydrogen-bond acceptors (Lipinski definition) is 5. The third kappa shape index (κ3) is 2.49. The van der Waals surface area contributed by atoms with Crippen LogP contribution in [0.2, 0.25) is 0 Å². The molecule has 6 nitrogen and oxygen atoms in total. The minimum Gasteiger partial charge on any atom is -0.505 e. The monoisotopic (exact) mass is 230 g/mol. The van der Waals surface area contributed by atoms with E-state index in [0.717, 1.165) is 0 Å². The highest BCUT2D eigenvalue weighted by atomic mass is 16.3. The Morgan fingerprint density at radius 3 is 2.76 bits per heavy atom. The molecular formula is C11H10N4O2. The number of nitrogens with one attached hydrogen (secondary N) is 1. The SMILES string of the molecule is Nc1ccc(NC(=O)c2ccncc2O)nc1. The quantitative estimate of drug-likeness (QED) is 0.714. The van der Waals surface area contributed by atoms with E-state index in [-0.39, 0.29) is 11.3 Å². The first-order valence-corrected chi connectivity index (χ1v) is 4.82. The molecular weight excluding hydrogens is 220 g/mol. The number of anilines is 2. The van der Waals surface area contributed by atoms with Crippen molar-refractivity contribution >= 4 is 17.4 Å². The Kier molecular flexibility index (Phi) is 2.87. The predicted molar refractivity (Wildman–Crippen MR) is 62.5 cm³/mol. The van der Waals surface area contributed by atoms with Gasteiger partial charge in [0.1, 0.15) is 11.6 Å². The number of aromatic hydroxyl groups is 1. The van der Waals surface area contributed by atoms with E-state index >= 15 is 0 Å². The molecule has 0 saturated carbocycles. The summed E-state index contributed by atoms with van der Waals surface area (Å²) in [6.45, 7) is 0. The second kappa shape index (κ2) is 4.48. The molecule has 2 rings (SSSR count). The molecule has 0 spiro atoms. The van der Waals surface area contributed by atoms with Gasteiger partial charge in [-0.25, -0.2) is 4.98 Å². The van der Waals surface area contributed by atoms with Gasteiger partial charge in [-0.05, 0) is 18.2 Å². The Morgan fingerprint density at radius 2 is 2.12 bits per heavy atom. The smallest absolute Gasteiger partial charge is 0.260 e. The van der Waals surface area contributed by atoms with Gasteiger partial charge in [0.15, 0.2) is 0 Å². The summed E-state index contributed by atoms with van der Waals surface area (Å²) in [5, 5.41) is 12.0. The predicted octanol–water partition coefficient (Wildman–Crippen LogP) is 1.02. The average molecular weight is 230 g/mol. The maximum absolute atomic E-state index is 11.7. The van der Waals surface area contributed by atoms with E-state index in [0.29, 0.717) is 11.5 Å². The van der Waals surface area contributed by atoms with Crippen molar-refractivity contribution in [3.63, 3.8) is 0 Å². The van der Waals surface area contributed by atoms with Gasteiger partial charge in [-0.3, -0.25) is 9.78 Å². The summed E-state index contributed by atoms with van der Waals surface area (Å²) >= 11 is 0. The maximum Gasteiger partial charge on any atom is 0.260 e. The number of nitrogens with zero attached hydrogens (tertiary/aromatic N) is 2. The van der Waals surface area contributed by atoms with Crippen molar-refractivity contribution < 1.29 is 9.90 Å². The molecule has 2 aromatic rings. The minimum absolute atomic E-state index is 0.138. The molecule has 0 aliphatic carbocycles. The van der Waals surface area contributed by atoms with Crippen molar-refractivity contribution in [2.75, 3.05) is 11.1 Å². The van der Waals surface area contributed by atoms with E-state index in [1.807, 2.05) is 0 Å². The highest BCUT2D eigenvalue weighted by Gasteiger charge is 2.11. The van der Waals surface area contributed by atoms with Gasteiger partial charge in [-0.1, -0.05) is 0 Å². The first-order valence-electron chi connectivity index (χ1n) is 4.82. The minimum atomic E-state index is -0.456. The van der Waals surface area contributed by atoms with Crippen LogP contribution in [0.25, 0.3) is 0 Å². The van der Waals surface area contributed by atoms with Gasteiger partial charge in [0.05, 0.1) is 23.6 Å². The van der Waals surface area contributed by atoms with E-state index in [1.165, 1.54) is 24.7 Å². The number of pyridine rings is 2. The van der Waals surface area contributed by atoms with Gasteiger partial charge in [0, 0.05) is 6.20 Å². The number of hydrogen-bond donors (Lipinski definition) is 3. The number of rotatable bonds is 2. The number of carbonyl (C=O) groups is 1. The summed E-state index contributed by atoms with van der Waals surface area (Å²) in [4.78, 5) is 19.4. The van der Waals surface area contributed by atoms with Gasteiger partial charge >= 0.3 is 0 Å². The van der Waals surface area contributed by atoms with Crippen molar-refractivity contribution in [3.05, 3.63) is 42.4 Å². The molecule has 86 valence electrons. The van der Waals surface area contributed by atoms with E-state index in [2.05, 4.69) is 15.3 Å². The van der Waals surface area contributed by atoms with Crippen molar-refractivity contribution in [2.45, 2.75) is 0 Å². The molecule has 0 bridgehead atoms. The average Bonchev–Trinajstić information content (AvgIpc) is 2.32. The number of carbonyl (C=O) groups excluding carboxylic acids is 1. The fourth-order valence-corrected chi connectivity index (χ4v) is 1.24. The van der Waals surface area contributed by atoms with Crippen LogP contribution < -0.4 is 11.1 Å². The van der Waals surface area contributed by atoms with Crippen LogP contribution in [0.4, 0.5) is 11.5 Å². The normalized spacial score (nSPS) is 9.88. The maximum atomic E-state index is 11.7. The van der Waals surface area contributed by atoms with E-state index in [4.69, 9.17) is 5.73 Å². The summed E-state index contributed by atoms with van der Waals surface area (Å²) in [5.41, 5.74) is 6.12. The van der Waals surface area contributed by atoms with Crippen molar-refractivity contribution in [1.29, 1.82) is 0 Å². The first-order chi connectivity index (χ1) is 8.16. The van der Waals surface area contributed by atoms with Gasteiger partial charge in [-0.2, -0.15) is 0 Å². The lowest BCUT2D eigenvalue weighted by Gasteiger charge is -2.05. The van der Waals surface area contributed by atoms with Gasteiger partial charge in [0.2, 0.25) is 0 Å². The zero-order valence-corrected chi connectivity index (χ0v) is 8.79. The second-order valence-corrected chi connectivity index (χ2v) is 3.32. The Balaban J connectivity index is 2.17. The Morgan fingerprint density at radius 1 is 1.29 bits per heavy atom. The molecule has 0 fully saturated rings. The lowest BCUT2D eigenvalue weighted by atomic mass is 10.2. The molecule has 6 heteroatoms. The highest BCUT2D eigenvalue weighted by Crippen LogP contribution is 2.15. The van der Waals surface area contributed by atoms with Gasteiger partial charge in [-0.15, -0.1) is 0 Å². The zero-order chi connectivity index (χ0) is 12.3. The summed E-state index contributed by atoms with van der Waals surface area (Å²) in [6.07, 6.45) is 4.05. The lowest BCUT2D eigenvalue weighted by molar-refractivity contribution is 0.102. The van der Waals surface area contributed by atoms with Crippen LogP contribution in [0.3, 0.4) is 0 Å². The fraction of sp³-hybridized carbons (Fsp3) is 0. The van der Waals surface area contributed by atoms with Crippen molar-refractivity contribution in [2.24, 2.45) is 0 Å². The molecule has 0 aromatic carbocycles. The summed E-state index contributed by atoms with van der Waals surface area (Å²) in [7, 11) is 0. The van der Waals surface area contributed by atoms with E-state index < -0.39 is 5.91 Å². The van der Waals surface area contributed by atoms with Gasteiger partial charge in [0.25, 0.3) is 5.91 Å². The molecule has 0 aliphatic rings. The van der Waals surface area contributed by atoms with Crippen LogP contribution in [0.1, 0.15) is 10.4 Å². The topological polar surface area (TPSA) is 101 Å². The van der Waals surface area contributed by atoms with E-state index in [9.17, 15) is 9.90 Å². The number of nitrogen functional groups attached to an aromatic ring is 1. The largest absolute Gasteiger partial charge is 0.505 e. The number of aromatic nitrogens is 2. The molecule has 4 N–H and O–H groups in total. The summed E-state index contributed by atoms with van der Waals surface area (Å²) in [6, 6.07) is 4.61. The third-order valence-corrected chi connectivity index (χ3v) is 2.07. The molecule has 2 heterocycles. The van der Waals surface area contributed by atoms with Crippen molar-refractivity contribution in [3.8, 4) is 5.75 Å². The fourth-order valence-electron chi connectivity index (χ4n) is 1.24. The van der Waals surface area contributed by atoms with Crippen LogP contribution in [-0.4, -0.2) is 21.0 Å². The molecule has 0 aliphatic heterocycles. The van der Waals surface area contributed by atoms with Crippen LogP contribution >= 0.6 is 0 Å². The number of amides is 1. The first kappa shape index (κ1) is 10.9. The summed E-state index contributed by atoms with van der Waals surface area (Å²) < 4.78 is 0. The second-order valence-electron chi connectivity index (χ2n) is 3.32. The molecule has 2 aromatic heterocycles. The van der Waals surface area contributed by atoms with Crippen LogP contribution in [0.5, 0.6) is 5.75 Å². The van der Waals surface area contributed by atoms with Crippen LogP contribution in [0, 0.1) is 0 Å². The van der Waals surface area contributed by atoms with Crippen LogP contribution in [-0.2, 0) is 0 Å². The van der Waals surface area contributed by atoms with E-state index in [1.54, 1.807) is 12.1 Å². The Labute approximate surface area is 97.1 Å². The lowest BCUT2D eigenvalue weighted by Crippen LogP contribution is -2.13. The molecule has 1 amide bonds.